The van der Waals surface area contributed by atoms with E-state index in [1.807, 2.05) is 43.3 Å². The lowest BCUT2D eigenvalue weighted by Crippen LogP contribution is -2.40. The number of carbonyl (C=O) groups is 2. The lowest BCUT2D eigenvalue weighted by atomic mass is 9.77. The third-order valence-corrected chi connectivity index (χ3v) is 5.48. The van der Waals surface area contributed by atoms with Crippen LogP contribution in [0.3, 0.4) is 0 Å². The quantitative estimate of drug-likeness (QED) is 0.610. The van der Waals surface area contributed by atoms with E-state index in [4.69, 9.17) is 9.47 Å². The summed E-state index contributed by atoms with van der Waals surface area (Å²) in [6.45, 7) is 4.88. The highest BCUT2D eigenvalue weighted by Crippen LogP contribution is 2.52. The molecule has 0 aromatic heterocycles. The number of aryl methyl sites for hydroxylation is 1. The Morgan fingerprint density at radius 2 is 2.08 bits per heavy atom. The second-order valence-corrected chi connectivity index (χ2v) is 7.01. The van der Waals surface area contributed by atoms with Gasteiger partial charge in [-0.25, -0.2) is 0 Å². The smallest absolute Gasteiger partial charge is 0.312 e. The maximum absolute atomic E-state index is 13.1. The lowest BCUT2D eigenvalue weighted by Gasteiger charge is -2.22. The molecule has 5 heteroatoms. The molecule has 0 aliphatic carbocycles. The Morgan fingerprint density at radius 1 is 1.32 bits per heavy atom. The molecule has 4 rings (SSSR count). The topological polar surface area (TPSA) is 55.8 Å². The van der Waals surface area contributed by atoms with Crippen LogP contribution in [-0.2, 0) is 25.5 Å². The molecule has 0 unspecified atom stereocenters. The summed E-state index contributed by atoms with van der Waals surface area (Å²) in [6.07, 6.45) is 5.25. The molecule has 2 fully saturated rings. The van der Waals surface area contributed by atoms with Crippen LogP contribution in [-0.4, -0.2) is 36.7 Å². The fraction of sp³-hybridized carbons (Fsp3) is 0.500. The van der Waals surface area contributed by atoms with E-state index in [1.165, 1.54) is 5.56 Å². The van der Waals surface area contributed by atoms with Crippen LogP contribution >= 0.6 is 0 Å². The standard InChI is InChI=1S/C20H23NO4/c1-3-11-24-19(23)16-15-9-10-20(25-15)12-21(18(22)17(16)20)14-7-5-13(4-2)6-8-14/h5-10,15-17H,3-4,11-12H2,1-2H3/t15-,16-,17+,20-/m1/s1. The Bertz CT molecular complexity index is 726. The second-order valence-electron chi connectivity index (χ2n) is 7.01. The largest absolute Gasteiger partial charge is 0.465 e. The number of fused-ring (bicyclic) bond motifs is 1. The summed E-state index contributed by atoms with van der Waals surface area (Å²) in [6, 6.07) is 8.01. The summed E-state index contributed by atoms with van der Waals surface area (Å²) in [5.74, 6) is -1.39. The van der Waals surface area contributed by atoms with Gasteiger partial charge in [0.25, 0.3) is 0 Å². The zero-order chi connectivity index (χ0) is 17.6. The van der Waals surface area contributed by atoms with Crippen LogP contribution in [0.15, 0.2) is 36.4 Å². The third kappa shape index (κ3) is 2.41. The van der Waals surface area contributed by atoms with E-state index in [0.717, 1.165) is 18.5 Å². The fourth-order valence-corrected chi connectivity index (χ4v) is 4.20. The number of esters is 1. The van der Waals surface area contributed by atoms with Crippen LogP contribution in [0.1, 0.15) is 25.8 Å². The number of benzene rings is 1. The number of hydrogen-bond donors (Lipinski definition) is 0. The number of rotatable bonds is 5. The molecule has 2 saturated heterocycles. The summed E-state index contributed by atoms with van der Waals surface area (Å²) in [5.41, 5.74) is 1.39. The molecular weight excluding hydrogens is 318 g/mol. The van der Waals surface area contributed by atoms with E-state index < -0.39 is 17.4 Å². The Balaban J connectivity index is 1.61. The first kappa shape index (κ1) is 16.3. The number of amides is 1. The minimum absolute atomic E-state index is 0.0467. The maximum Gasteiger partial charge on any atom is 0.312 e. The predicted octanol–water partition coefficient (Wildman–Crippen LogP) is 2.49. The van der Waals surface area contributed by atoms with Gasteiger partial charge in [-0.05, 0) is 30.5 Å². The summed E-state index contributed by atoms with van der Waals surface area (Å²) in [4.78, 5) is 27.4. The van der Waals surface area contributed by atoms with Crippen LogP contribution < -0.4 is 4.90 Å². The second kappa shape index (κ2) is 5.99. The molecule has 0 saturated carbocycles. The average molecular weight is 341 g/mol. The van der Waals surface area contributed by atoms with Crippen molar-refractivity contribution in [2.45, 2.75) is 38.4 Å². The van der Waals surface area contributed by atoms with E-state index in [2.05, 4.69) is 6.92 Å². The molecule has 1 aromatic rings. The maximum atomic E-state index is 13.1. The molecule has 4 atom stereocenters. The molecule has 3 aliphatic rings. The fourth-order valence-electron chi connectivity index (χ4n) is 4.20. The van der Waals surface area contributed by atoms with Gasteiger partial charge < -0.3 is 14.4 Å². The van der Waals surface area contributed by atoms with Crippen molar-refractivity contribution in [2.75, 3.05) is 18.1 Å². The minimum Gasteiger partial charge on any atom is -0.465 e. The van der Waals surface area contributed by atoms with E-state index >= 15 is 0 Å². The van der Waals surface area contributed by atoms with Gasteiger partial charge in [0.2, 0.25) is 5.91 Å². The Morgan fingerprint density at radius 3 is 2.76 bits per heavy atom. The Labute approximate surface area is 147 Å². The van der Waals surface area contributed by atoms with Gasteiger partial charge in [0.1, 0.15) is 11.5 Å². The van der Waals surface area contributed by atoms with Crippen molar-refractivity contribution < 1.29 is 19.1 Å². The third-order valence-electron chi connectivity index (χ3n) is 5.48. The van der Waals surface area contributed by atoms with Crippen LogP contribution in [0.5, 0.6) is 0 Å². The summed E-state index contributed by atoms with van der Waals surface area (Å²) in [7, 11) is 0. The van der Waals surface area contributed by atoms with Gasteiger partial charge in [-0.3, -0.25) is 9.59 Å². The molecule has 0 radical (unpaired) electrons. The number of ether oxygens (including phenoxy) is 2. The van der Waals surface area contributed by atoms with Crippen LogP contribution in [0.4, 0.5) is 5.69 Å². The van der Waals surface area contributed by atoms with Gasteiger partial charge in [-0.2, -0.15) is 0 Å². The monoisotopic (exact) mass is 341 g/mol. The molecule has 5 nitrogen and oxygen atoms in total. The lowest BCUT2D eigenvalue weighted by molar-refractivity contribution is -0.152. The molecule has 1 amide bonds. The van der Waals surface area contributed by atoms with Crippen molar-refractivity contribution in [3.63, 3.8) is 0 Å². The number of hydrogen-bond acceptors (Lipinski definition) is 4. The summed E-state index contributed by atoms with van der Waals surface area (Å²) in [5, 5.41) is 0. The van der Waals surface area contributed by atoms with Crippen molar-refractivity contribution in [2.24, 2.45) is 11.8 Å². The first-order chi connectivity index (χ1) is 12.1. The number of nitrogens with zero attached hydrogens (tertiary/aromatic N) is 1. The molecular formula is C20H23NO4. The van der Waals surface area contributed by atoms with Gasteiger partial charge in [-0.15, -0.1) is 0 Å². The SMILES string of the molecule is CCCOC(=O)[C@H]1[C@H]2C(=O)N(c3ccc(CC)cc3)C[C@]23C=C[C@H]1O3. The summed E-state index contributed by atoms with van der Waals surface area (Å²) >= 11 is 0. The van der Waals surface area contributed by atoms with Gasteiger partial charge in [0.05, 0.1) is 25.2 Å². The normalized spacial score (nSPS) is 32.3. The first-order valence-corrected chi connectivity index (χ1v) is 9.04. The predicted molar refractivity (Wildman–Crippen MR) is 93.1 cm³/mol. The zero-order valence-corrected chi connectivity index (χ0v) is 14.6. The van der Waals surface area contributed by atoms with Crippen molar-refractivity contribution >= 4 is 17.6 Å². The van der Waals surface area contributed by atoms with Gasteiger partial charge in [0.15, 0.2) is 0 Å². The molecule has 2 bridgehead atoms. The van der Waals surface area contributed by atoms with Crippen molar-refractivity contribution in [1.82, 2.24) is 0 Å². The highest BCUT2D eigenvalue weighted by molar-refractivity contribution is 6.02. The van der Waals surface area contributed by atoms with Crippen molar-refractivity contribution in [3.05, 3.63) is 42.0 Å². The first-order valence-electron chi connectivity index (χ1n) is 9.04. The van der Waals surface area contributed by atoms with E-state index in [0.29, 0.717) is 13.2 Å². The van der Waals surface area contributed by atoms with Crippen molar-refractivity contribution in [1.29, 1.82) is 0 Å². The van der Waals surface area contributed by atoms with Crippen molar-refractivity contribution in [3.8, 4) is 0 Å². The molecule has 1 spiro atoms. The van der Waals surface area contributed by atoms with Gasteiger partial charge in [0, 0.05) is 5.69 Å². The van der Waals surface area contributed by atoms with Crippen LogP contribution in [0, 0.1) is 11.8 Å². The van der Waals surface area contributed by atoms with Gasteiger partial charge in [-0.1, -0.05) is 38.1 Å². The number of anilines is 1. The van der Waals surface area contributed by atoms with Gasteiger partial charge >= 0.3 is 5.97 Å². The van der Waals surface area contributed by atoms with Crippen LogP contribution in [0.2, 0.25) is 0 Å². The molecule has 1 aromatic carbocycles. The Kier molecular flexibility index (Phi) is 3.91. The molecule has 132 valence electrons. The summed E-state index contributed by atoms with van der Waals surface area (Å²) < 4.78 is 11.4. The Hall–Kier alpha value is -2.14. The molecule has 3 heterocycles. The molecule has 3 aliphatic heterocycles. The van der Waals surface area contributed by atoms with E-state index in [1.54, 1.807) is 4.90 Å². The number of carbonyl (C=O) groups excluding carboxylic acids is 2. The minimum atomic E-state index is -0.693. The average Bonchev–Trinajstić information content (AvgIpc) is 3.28. The molecule has 0 N–H and O–H groups in total. The van der Waals surface area contributed by atoms with E-state index in [9.17, 15) is 9.59 Å². The van der Waals surface area contributed by atoms with E-state index in [-0.39, 0.29) is 18.0 Å². The highest BCUT2D eigenvalue weighted by Gasteiger charge is 2.67. The molecule has 25 heavy (non-hydrogen) atoms. The van der Waals surface area contributed by atoms with Crippen LogP contribution in [0.25, 0.3) is 0 Å². The zero-order valence-electron chi connectivity index (χ0n) is 14.6. The highest BCUT2D eigenvalue weighted by atomic mass is 16.6.